The van der Waals surface area contributed by atoms with Crippen molar-refractivity contribution in [3.8, 4) is 0 Å². The fourth-order valence-electron chi connectivity index (χ4n) is 0.993. The molecule has 0 aromatic carbocycles. The summed E-state index contributed by atoms with van der Waals surface area (Å²) in [4.78, 5) is 10.6. The number of carbonyl (C=O) groups is 1. The summed E-state index contributed by atoms with van der Waals surface area (Å²) in [6.45, 7) is 2.42. The van der Waals surface area contributed by atoms with Gasteiger partial charge >= 0.3 is 29.9 Å². The van der Waals surface area contributed by atoms with Crippen molar-refractivity contribution >= 4 is 5.97 Å². The molecule has 0 atom stereocenters. The zero-order valence-corrected chi connectivity index (χ0v) is 8.00. The Morgan fingerprint density at radius 1 is 0.833 bits per heavy atom. The molecular formula is C7H3F9O2. The van der Waals surface area contributed by atoms with Gasteiger partial charge in [-0.05, 0) is 0 Å². The maximum absolute atomic E-state index is 12.2. The van der Waals surface area contributed by atoms with Crippen molar-refractivity contribution in [2.24, 2.45) is 5.41 Å². The Morgan fingerprint density at radius 2 is 1.11 bits per heavy atom. The fourth-order valence-corrected chi connectivity index (χ4v) is 0.993. The summed E-state index contributed by atoms with van der Waals surface area (Å²) >= 11 is 0. The predicted molar refractivity (Wildman–Crippen MR) is 36.9 cm³/mol. The van der Waals surface area contributed by atoms with Crippen molar-refractivity contribution in [3.63, 3.8) is 0 Å². The minimum atomic E-state index is -6.97. The molecule has 106 valence electrons. The summed E-state index contributed by atoms with van der Waals surface area (Å²) in [6, 6.07) is 0. The van der Waals surface area contributed by atoms with E-state index in [0.29, 0.717) is 0 Å². The molecule has 0 bridgehead atoms. The van der Waals surface area contributed by atoms with Crippen LogP contribution in [-0.2, 0) is 9.53 Å². The van der Waals surface area contributed by atoms with Crippen molar-refractivity contribution < 1.29 is 49.0 Å². The third-order valence-corrected chi connectivity index (χ3v) is 1.77. The Kier molecular flexibility index (Phi) is 4.01. The number of esters is 1. The van der Waals surface area contributed by atoms with Crippen molar-refractivity contribution in [2.45, 2.75) is 18.5 Å². The van der Waals surface area contributed by atoms with Crippen molar-refractivity contribution in [2.75, 3.05) is 0 Å². The summed E-state index contributed by atoms with van der Waals surface area (Å²) in [5.74, 6) is -3.56. The van der Waals surface area contributed by atoms with Gasteiger partial charge in [0.05, 0.1) is 6.26 Å². The van der Waals surface area contributed by atoms with Crippen molar-refractivity contribution in [1.29, 1.82) is 0 Å². The molecule has 0 spiro atoms. The second-order valence-electron chi connectivity index (χ2n) is 2.82. The highest BCUT2D eigenvalue weighted by molar-refractivity contribution is 5.80. The molecule has 0 amide bonds. The summed E-state index contributed by atoms with van der Waals surface area (Å²) in [6.07, 6.45) is -21.2. The van der Waals surface area contributed by atoms with Gasteiger partial charge in [-0.15, -0.1) is 0 Å². The lowest BCUT2D eigenvalue weighted by molar-refractivity contribution is -0.411. The van der Waals surface area contributed by atoms with E-state index in [4.69, 9.17) is 0 Å². The Morgan fingerprint density at radius 3 is 1.28 bits per heavy atom. The SMILES string of the molecule is C=COC(=O)C(C(F)(F)F)(C(F)(F)F)C(F)(F)F. The molecule has 2 nitrogen and oxygen atoms in total. The largest absolute Gasteiger partial charge is 0.434 e. The Balaban J connectivity index is 6.26. The lowest BCUT2D eigenvalue weighted by Gasteiger charge is -2.35. The monoisotopic (exact) mass is 290 g/mol. The van der Waals surface area contributed by atoms with Crippen molar-refractivity contribution in [1.82, 2.24) is 0 Å². The maximum Gasteiger partial charge on any atom is 0.423 e. The summed E-state index contributed by atoms with van der Waals surface area (Å²) < 4.78 is 113. The zero-order chi connectivity index (χ0) is 15.0. The molecule has 0 aliphatic carbocycles. The second-order valence-corrected chi connectivity index (χ2v) is 2.82. The first-order valence-corrected chi connectivity index (χ1v) is 3.75. The van der Waals surface area contributed by atoms with E-state index < -0.39 is 29.9 Å². The molecule has 0 heterocycles. The predicted octanol–water partition coefficient (Wildman–Crippen LogP) is 3.35. The molecule has 0 N–H and O–H groups in total. The standard InChI is InChI=1S/C7H3F9O2/c1-2-18-3(17)4(5(8,9)10,6(11,12)13)7(14,15)16/h2H,1H2. The molecular weight excluding hydrogens is 287 g/mol. The molecule has 0 radical (unpaired) electrons. The molecule has 0 aromatic heterocycles. The number of carbonyl (C=O) groups excluding carboxylic acids is 1. The molecule has 0 aliphatic heterocycles. The first kappa shape index (κ1) is 16.6. The van der Waals surface area contributed by atoms with Crippen LogP contribution in [0.4, 0.5) is 39.5 Å². The van der Waals surface area contributed by atoms with Crippen LogP contribution >= 0.6 is 0 Å². The Hall–Kier alpha value is -1.42. The molecule has 0 fully saturated rings. The van der Waals surface area contributed by atoms with Gasteiger partial charge in [-0.3, -0.25) is 0 Å². The van der Waals surface area contributed by atoms with E-state index in [1.807, 2.05) is 0 Å². The van der Waals surface area contributed by atoms with E-state index in [1.54, 1.807) is 0 Å². The number of hydrogen-bond donors (Lipinski definition) is 0. The highest BCUT2D eigenvalue weighted by Gasteiger charge is 2.89. The number of halogens is 9. The van der Waals surface area contributed by atoms with Gasteiger partial charge in [-0.2, -0.15) is 39.5 Å². The lowest BCUT2D eigenvalue weighted by Crippen LogP contribution is -2.64. The molecule has 11 heteroatoms. The number of rotatable bonds is 2. The summed E-state index contributed by atoms with van der Waals surface area (Å²) in [7, 11) is 0. The average molecular weight is 290 g/mol. The van der Waals surface area contributed by atoms with Crippen LogP contribution in [0.2, 0.25) is 0 Å². The minimum absolute atomic E-state index is 0.264. The van der Waals surface area contributed by atoms with Gasteiger partial charge in [0.1, 0.15) is 0 Å². The van der Waals surface area contributed by atoms with Crippen LogP contribution in [0.1, 0.15) is 0 Å². The van der Waals surface area contributed by atoms with Gasteiger partial charge in [0.25, 0.3) is 0 Å². The number of alkyl halides is 9. The van der Waals surface area contributed by atoms with Gasteiger partial charge in [-0.1, -0.05) is 6.58 Å². The van der Waals surface area contributed by atoms with E-state index in [2.05, 4.69) is 11.3 Å². The van der Waals surface area contributed by atoms with Gasteiger partial charge in [-0.25, -0.2) is 4.79 Å². The van der Waals surface area contributed by atoms with Crippen LogP contribution < -0.4 is 0 Å². The second kappa shape index (κ2) is 4.35. The molecule has 0 rings (SSSR count). The van der Waals surface area contributed by atoms with Gasteiger partial charge in [0.15, 0.2) is 0 Å². The van der Waals surface area contributed by atoms with Gasteiger partial charge in [0, 0.05) is 0 Å². The minimum Gasteiger partial charge on any atom is -0.434 e. The molecule has 18 heavy (non-hydrogen) atoms. The Bertz CT molecular complexity index is 298. The quantitative estimate of drug-likeness (QED) is 0.443. The number of ether oxygens (including phenoxy) is 1. The van der Waals surface area contributed by atoms with Crippen LogP contribution in [0.5, 0.6) is 0 Å². The summed E-state index contributed by atoms with van der Waals surface area (Å²) in [5, 5.41) is 0. The van der Waals surface area contributed by atoms with E-state index >= 15 is 0 Å². The van der Waals surface area contributed by atoms with Crippen LogP contribution in [0.25, 0.3) is 0 Å². The van der Waals surface area contributed by atoms with Gasteiger partial charge < -0.3 is 4.74 Å². The van der Waals surface area contributed by atoms with E-state index in [1.165, 1.54) is 0 Å². The average Bonchev–Trinajstić information content (AvgIpc) is 1.94. The first-order valence-electron chi connectivity index (χ1n) is 3.75. The van der Waals surface area contributed by atoms with Crippen LogP contribution in [0, 0.1) is 5.41 Å². The third kappa shape index (κ3) is 2.25. The summed E-state index contributed by atoms with van der Waals surface area (Å²) in [5.41, 5.74) is -6.61. The highest BCUT2D eigenvalue weighted by atomic mass is 19.4. The zero-order valence-electron chi connectivity index (χ0n) is 8.00. The smallest absolute Gasteiger partial charge is 0.423 e. The lowest BCUT2D eigenvalue weighted by atomic mass is 9.85. The Labute approximate surface area is 93.0 Å². The molecule has 0 saturated heterocycles. The van der Waals surface area contributed by atoms with E-state index in [9.17, 15) is 44.3 Å². The van der Waals surface area contributed by atoms with E-state index in [-0.39, 0.29) is 6.26 Å². The highest BCUT2D eigenvalue weighted by Crippen LogP contribution is 2.59. The fraction of sp³-hybridized carbons (Fsp3) is 0.571. The number of hydrogen-bond acceptors (Lipinski definition) is 2. The third-order valence-electron chi connectivity index (χ3n) is 1.77. The topological polar surface area (TPSA) is 26.3 Å². The molecule has 0 saturated carbocycles. The van der Waals surface area contributed by atoms with E-state index in [0.717, 1.165) is 0 Å². The molecule has 0 aliphatic rings. The first-order chi connectivity index (χ1) is 7.73. The van der Waals surface area contributed by atoms with Crippen LogP contribution in [0.3, 0.4) is 0 Å². The van der Waals surface area contributed by atoms with Crippen molar-refractivity contribution in [3.05, 3.63) is 12.8 Å². The van der Waals surface area contributed by atoms with Crippen LogP contribution in [0.15, 0.2) is 12.8 Å². The molecule has 0 aromatic rings. The van der Waals surface area contributed by atoms with Crippen LogP contribution in [-0.4, -0.2) is 24.5 Å². The maximum atomic E-state index is 12.2. The molecule has 0 unspecified atom stereocenters. The normalized spacial score (nSPS) is 14.3. The van der Waals surface area contributed by atoms with Gasteiger partial charge in [0.2, 0.25) is 0 Å².